The lowest BCUT2D eigenvalue weighted by molar-refractivity contribution is -0.114. The van der Waals surface area contributed by atoms with Crippen molar-refractivity contribution < 1.29 is 14.3 Å². The topological polar surface area (TPSA) is 113 Å². The van der Waals surface area contributed by atoms with Crippen molar-refractivity contribution in [2.24, 2.45) is 0 Å². The van der Waals surface area contributed by atoms with Crippen LogP contribution in [0.15, 0.2) is 42.5 Å². The van der Waals surface area contributed by atoms with Gasteiger partial charge in [0.05, 0.1) is 23.4 Å². The maximum absolute atomic E-state index is 13.3. The van der Waals surface area contributed by atoms with E-state index in [2.05, 4.69) is 20.5 Å². The highest BCUT2D eigenvalue weighted by Crippen LogP contribution is 2.28. The third kappa shape index (κ3) is 5.52. The van der Waals surface area contributed by atoms with Crippen LogP contribution in [0.5, 0.6) is 0 Å². The van der Waals surface area contributed by atoms with Crippen molar-refractivity contribution in [2.45, 2.75) is 6.92 Å². The molecule has 1 aliphatic rings. The normalized spacial score (nSPS) is 14.3. The van der Waals surface area contributed by atoms with Crippen LogP contribution in [0, 0.1) is 0 Å². The Morgan fingerprint density at radius 3 is 2.50 bits per heavy atom. The molecule has 10 heteroatoms. The Balaban J connectivity index is 1.52. The van der Waals surface area contributed by atoms with Gasteiger partial charge in [-0.2, -0.15) is 0 Å². The second kappa shape index (κ2) is 9.94. The zero-order valence-corrected chi connectivity index (χ0v) is 18.7. The summed E-state index contributed by atoms with van der Waals surface area (Å²) < 4.78 is 6.36. The van der Waals surface area contributed by atoms with Gasteiger partial charge in [-0.25, -0.2) is 9.78 Å². The summed E-state index contributed by atoms with van der Waals surface area (Å²) in [5, 5.41) is 6.17. The predicted octanol–water partition coefficient (Wildman–Crippen LogP) is 3.21. The van der Waals surface area contributed by atoms with E-state index in [4.69, 9.17) is 10.5 Å². The maximum atomic E-state index is 13.3. The van der Waals surface area contributed by atoms with Crippen molar-refractivity contribution >= 4 is 55.7 Å². The number of fused-ring (bicyclic) bond motifs is 1. The summed E-state index contributed by atoms with van der Waals surface area (Å²) in [6.45, 7) is 5.83. The SMILES string of the molecule is CC(=O)Nc1ccc(NC(=O)N(CCN2CCOCC2)c2ccc3nc(N)sc3c2)cc1. The fourth-order valence-corrected chi connectivity index (χ4v) is 4.31. The molecular formula is C22H26N6O3S. The number of morpholine rings is 1. The first-order valence-electron chi connectivity index (χ1n) is 10.4. The summed E-state index contributed by atoms with van der Waals surface area (Å²) in [4.78, 5) is 32.8. The molecule has 2 heterocycles. The number of nitrogens with one attached hydrogen (secondary N) is 2. The minimum Gasteiger partial charge on any atom is -0.379 e. The molecule has 3 aromatic rings. The van der Waals surface area contributed by atoms with Crippen molar-refractivity contribution in [1.82, 2.24) is 9.88 Å². The number of urea groups is 1. The van der Waals surface area contributed by atoms with Gasteiger partial charge in [-0.3, -0.25) is 14.6 Å². The molecule has 0 unspecified atom stereocenters. The fourth-order valence-electron chi connectivity index (χ4n) is 3.54. The number of amides is 3. The molecule has 4 N–H and O–H groups in total. The number of hydrogen-bond donors (Lipinski definition) is 3. The largest absolute Gasteiger partial charge is 0.379 e. The number of carbonyl (C=O) groups excluding carboxylic acids is 2. The van der Waals surface area contributed by atoms with Crippen LogP contribution in [-0.4, -0.2) is 61.2 Å². The average molecular weight is 455 g/mol. The highest BCUT2D eigenvalue weighted by Gasteiger charge is 2.19. The minimum atomic E-state index is -0.234. The number of aromatic nitrogens is 1. The van der Waals surface area contributed by atoms with E-state index in [0.717, 1.165) is 35.5 Å². The van der Waals surface area contributed by atoms with E-state index in [1.165, 1.54) is 18.3 Å². The number of ether oxygens (including phenoxy) is 1. The summed E-state index contributed by atoms with van der Waals surface area (Å²) in [7, 11) is 0. The Morgan fingerprint density at radius 1 is 1.12 bits per heavy atom. The highest BCUT2D eigenvalue weighted by molar-refractivity contribution is 7.22. The van der Waals surface area contributed by atoms with Gasteiger partial charge in [-0.05, 0) is 42.5 Å². The third-order valence-electron chi connectivity index (χ3n) is 5.15. The van der Waals surface area contributed by atoms with Crippen molar-refractivity contribution in [3.05, 3.63) is 42.5 Å². The fraction of sp³-hybridized carbons (Fsp3) is 0.318. The summed E-state index contributed by atoms with van der Waals surface area (Å²) in [6.07, 6.45) is 0. The number of hydrogen-bond acceptors (Lipinski definition) is 7. The molecule has 0 saturated carbocycles. The van der Waals surface area contributed by atoms with Gasteiger partial charge in [-0.1, -0.05) is 11.3 Å². The van der Waals surface area contributed by atoms with Crippen LogP contribution in [0.3, 0.4) is 0 Å². The van der Waals surface area contributed by atoms with Gasteiger partial charge in [0, 0.05) is 50.2 Å². The van der Waals surface area contributed by atoms with Crippen molar-refractivity contribution in [3.8, 4) is 0 Å². The van der Waals surface area contributed by atoms with Crippen molar-refractivity contribution in [1.29, 1.82) is 0 Å². The second-order valence-corrected chi connectivity index (χ2v) is 8.56. The zero-order valence-electron chi connectivity index (χ0n) is 17.8. The lowest BCUT2D eigenvalue weighted by atomic mass is 10.2. The van der Waals surface area contributed by atoms with E-state index in [-0.39, 0.29) is 11.9 Å². The molecule has 0 spiro atoms. The molecule has 2 aromatic carbocycles. The molecule has 1 aliphatic heterocycles. The van der Waals surface area contributed by atoms with Crippen LogP contribution in [0.25, 0.3) is 10.2 Å². The maximum Gasteiger partial charge on any atom is 0.326 e. The molecule has 9 nitrogen and oxygen atoms in total. The summed E-state index contributed by atoms with van der Waals surface area (Å²) >= 11 is 1.40. The number of carbonyl (C=O) groups is 2. The lowest BCUT2D eigenvalue weighted by Crippen LogP contribution is -2.44. The summed E-state index contributed by atoms with van der Waals surface area (Å²) in [6, 6.07) is 12.5. The standard InChI is InChI=1S/C22H26N6O3S/c1-15(29)24-16-2-4-17(5-3-16)25-22(30)28(9-8-27-10-12-31-13-11-27)18-6-7-19-20(14-18)32-21(23)26-19/h2-7,14H,8-13H2,1H3,(H2,23,26)(H,24,29)(H,25,30). The molecule has 0 atom stereocenters. The van der Waals surface area contributed by atoms with Crippen LogP contribution < -0.4 is 21.3 Å². The number of thiazole rings is 1. The Bertz CT molecular complexity index is 1090. The number of benzene rings is 2. The van der Waals surface area contributed by atoms with E-state index in [9.17, 15) is 9.59 Å². The number of nitrogen functional groups attached to an aromatic ring is 1. The van der Waals surface area contributed by atoms with E-state index < -0.39 is 0 Å². The number of rotatable bonds is 6. The van der Waals surface area contributed by atoms with Crippen LogP contribution in [0.2, 0.25) is 0 Å². The van der Waals surface area contributed by atoms with E-state index in [0.29, 0.717) is 36.3 Å². The van der Waals surface area contributed by atoms with E-state index in [1.807, 2.05) is 18.2 Å². The molecule has 3 amide bonds. The molecule has 1 saturated heterocycles. The van der Waals surface area contributed by atoms with Gasteiger partial charge in [0.2, 0.25) is 5.91 Å². The first kappa shape index (κ1) is 22.0. The van der Waals surface area contributed by atoms with E-state index >= 15 is 0 Å². The lowest BCUT2D eigenvalue weighted by Gasteiger charge is -2.30. The van der Waals surface area contributed by atoms with Gasteiger partial charge in [0.25, 0.3) is 0 Å². The van der Waals surface area contributed by atoms with Gasteiger partial charge in [0.15, 0.2) is 5.13 Å². The highest BCUT2D eigenvalue weighted by atomic mass is 32.1. The zero-order chi connectivity index (χ0) is 22.5. The molecule has 1 aromatic heterocycles. The molecule has 1 fully saturated rings. The summed E-state index contributed by atoms with van der Waals surface area (Å²) in [5.41, 5.74) is 8.76. The smallest absolute Gasteiger partial charge is 0.326 e. The van der Waals surface area contributed by atoms with Gasteiger partial charge >= 0.3 is 6.03 Å². The number of anilines is 4. The van der Waals surface area contributed by atoms with Crippen LogP contribution in [-0.2, 0) is 9.53 Å². The van der Waals surface area contributed by atoms with Crippen molar-refractivity contribution in [3.63, 3.8) is 0 Å². The molecule has 4 rings (SSSR count). The number of nitrogens with two attached hydrogens (primary N) is 1. The molecule has 0 bridgehead atoms. The molecule has 32 heavy (non-hydrogen) atoms. The van der Waals surface area contributed by atoms with E-state index in [1.54, 1.807) is 29.2 Å². The molecule has 0 radical (unpaired) electrons. The van der Waals surface area contributed by atoms with Crippen LogP contribution in [0.4, 0.5) is 27.0 Å². The first-order valence-corrected chi connectivity index (χ1v) is 11.2. The first-order chi connectivity index (χ1) is 15.5. The third-order valence-corrected chi connectivity index (χ3v) is 5.99. The predicted molar refractivity (Wildman–Crippen MR) is 128 cm³/mol. The van der Waals surface area contributed by atoms with Crippen LogP contribution >= 0.6 is 11.3 Å². The molecule has 0 aliphatic carbocycles. The quantitative estimate of drug-likeness (QED) is 0.527. The molecule has 168 valence electrons. The summed E-state index contributed by atoms with van der Waals surface area (Å²) in [5.74, 6) is -0.143. The Hall–Kier alpha value is -3.21. The monoisotopic (exact) mass is 454 g/mol. The molecular weight excluding hydrogens is 428 g/mol. The average Bonchev–Trinajstić information content (AvgIpc) is 3.15. The van der Waals surface area contributed by atoms with Gasteiger partial charge in [-0.15, -0.1) is 0 Å². The van der Waals surface area contributed by atoms with Gasteiger partial charge < -0.3 is 21.1 Å². The minimum absolute atomic E-state index is 0.143. The Morgan fingerprint density at radius 2 is 1.81 bits per heavy atom. The van der Waals surface area contributed by atoms with Gasteiger partial charge in [0.1, 0.15) is 0 Å². The Kier molecular flexibility index (Phi) is 6.84. The second-order valence-electron chi connectivity index (χ2n) is 7.50. The number of nitrogens with zero attached hydrogens (tertiary/aromatic N) is 3. The van der Waals surface area contributed by atoms with Crippen LogP contribution in [0.1, 0.15) is 6.92 Å². The Labute approximate surface area is 190 Å². The van der Waals surface area contributed by atoms with Crippen molar-refractivity contribution in [2.75, 3.05) is 60.7 Å².